The predicted molar refractivity (Wildman–Crippen MR) is 127 cm³/mol. The van der Waals surface area contributed by atoms with Crippen LogP contribution in [0, 0.1) is 0 Å². The van der Waals surface area contributed by atoms with E-state index >= 15 is 0 Å². The molecule has 158 valence electrons. The minimum absolute atomic E-state index is 0.250. The summed E-state index contributed by atoms with van der Waals surface area (Å²) in [7, 11) is 0. The molecule has 4 rings (SSSR count). The molecule has 0 radical (unpaired) electrons. The fraction of sp³-hybridized carbons (Fsp3) is 0.423. The largest absolute Gasteiger partial charge is 0.332 e. The molecule has 1 aromatic heterocycles. The first kappa shape index (κ1) is 21.2. The molecule has 1 saturated heterocycles. The van der Waals surface area contributed by atoms with Crippen molar-refractivity contribution < 1.29 is 0 Å². The number of imidazole rings is 1. The van der Waals surface area contributed by atoms with Crippen molar-refractivity contribution in [2.24, 2.45) is 0 Å². The number of thioether (sulfide) groups is 1. The van der Waals surface area contributed by atoms with Crippen LogP contribution in [-0.4, -0.2) is 16.1 Å². The lowest BCUT2D eigenvalue weighted by molar-refractivity contribution is 0.517. The van der Waals surface area contributed by atoms with Crippen LogP contribution in [0.15, 0.2) is 71.9 Å². The van der Waals surface area contributed by atoms with E-state index in [2.05, 4.69) is 83.7 Å². The van der Waals surface area contributed by atoms with Crippen LogP contribution in [0.2, 0.25) is 0 Å². The number of nitrogens with one attached hydrogen (secondary N) is 1. The molecule has 0 amide bonds. The zero-order valence-electron chi connectivity index (χ0n) is 18.0. The molecule has 4 heteroatoms. The minimum Gasteiger partial charge on any atom is -0.332 e. The molecule has 30 heavy (non-hydrogen) atoms. The minimum atomic E-state index is 0.250. The zero-order chi connectivity index (χ0) is 20.6. The molecule has 1 aliphatic heterocycles. The van der Waals surface area contributed by atoms with Crippen molar-refractivity contribution in [3.05, 3.63) is 83.8 Å². The van der Waals surface area contributed by atoms with E-state index in [1.807, 2.05) is 11.8 Å². The standard InChI is InChI=1S/C26H33N3S/c1-2-3-4-11-19-29-20-24(28-26(29)23-17-12-18-27-23)30-25(21-13-7-5-8-14-21)22-15-9-6-10-16-22/h5-10,13-16,20,23,25,27H,2-4,11-12,17-19H2,1H3/t23-/m0/s1. The van der Waals surface area contributed by atoms with Crippen LogP contribution in [0.4, 0.5) is 0 Å². The molecule has 1 aliphatic rings. The van der Waals surface area contributed by atoms with Gasteiger partial charge < -0.3 is 9.88 Å². The topological polar surface area (TPSA) is 29.9 Å². The highest BCUT2D eigenvalue weighted by Crippen LogP contribution is 2.40. The van der Waals surface area contributed by atoms with Crippen LogP contribution in [-0.2, 0) is 6.54 Å². The van der Waals surface area contributed by atoms with Gasteiger partial charge in [0.2, 0.25) is 0 Å². The van der Waals surface area contributed by atoms with Gasteiger partial charge in [-0.05, 0) is 36.9 Å². The molecule has 0 bridgehead atoms. The van der Waals surface area contributed by atoms with Crippen molar-refractivity contribution in [3.8, 4) is 0 Å². The van der Waals surface area contributed by atoms with Crippen LogP contribution >= 0.6 is 11.8 Å². The van der Waals surface area contributed by atoms with Gasteiger partial charge >= 0.3 is 0 Å². The molecular formula is C26H33N3S. The Morgan fingerprint density at radius 2 is 1.70 bits per heavy atom. The molecule has 0 unspecified atom stereocenters. The second-order valence-electron chi connectivity index (χ2n) is 8.16. The number of benzene rings is 2. The van der Waals surface area contributed by atoms with E-state index in [-0.39, 0.29) is 5.25 Å². The zero-order valence-corrected chi connectivity index (χ0v) is 18.8. The van der Waals surface area contributed by atoms with Gasteiger partial charge in [0.15, 0.2) is 0 Å². The Morgan fingerprint density at radius 3 is 2.30 bits per heavy atom. The van der Waals surface area contributed by atoms with E-state index < -0.39 is 0 Å². The van der Waals surface area contributed by atoms with Crippen molar-refractivity contribution >= 4 is 11.8 Å². The van der Waals surface area contributed by atoms with E-state index in [0.717, 1.165) is 18.1 Å². The third-order valence-electron chi connectivity index (χ3n) is 5.85. The third-order valence-corrected chi connectivity index (χ3v) is 7.07. The summed E-state index contributed by atoms with van der Waals surface area (Å²) in [6.07, 6.45) is 9.85. The third kappa shape index (κ3) is 5.35. The molecule has 1 fully saturated rings. The Labute approximate surface area is 185 Å². The summed E-state index contributed by atoms with van der Waals surface area (Å²) < 4.78 is 2.42. The summed E-state index contributed by atoms with van der Waals surface area (Å²) in [6.45, 7) is 4.45. The van der Waals surface area contributed by atoms with Gasteiger partial charge in [0.25, 0.3) is 0 Å². The SMILES string of the molecule is CCCCCCn1cc(SC(c2ccccc2)c2ccccc2)nc1[C@@H]1CCCN1. The van der Waals surface area contributed by atoms with Crippen molar-refractivity contribution in [1.82, 2.24) is 14.9 Å². The van der Waals surface area contributed by atoms with Crippen molar-refractivity contribution in [3.63, 3.8) is 0 Å². The Hall–Kier alpha value is -2.04. The van der Waals surface area contributed by atoms with Crippen LogP contribution in [0.5, 0.6) is 0 Å². The molecule has 3 aromatic rings. The van der Waals surface area contributed by atoms with Crippen LogP contribution < -0.4 is 5.32 Å². The smallest absolute Gasteiger partial charge is 0.127 e. The maximum absolute atomic E-state index is 5.15. The lowest BCUT2D eigenvalue weighted by atomic mass is 10.0. The Bertz CT molecular complexity index is 846. The highest BCUT2D eigenvalue weighted by Gasteiger charge is 2.24. The number of aryl methyl sites for hydroxylation is 1. The highest BCUT2D eigenvalue weighted by molar-refractivity contribution is 7.99. The summed E-state index contributed by atoms with van der Waals surface area (Å²) in [4.78, 5) is 5.15. The van der Waals surface area contributed by atoms with E-state index in [9.17, 15) is 0 Å². The van der Waals surface area contributed by atoms with E-state index in [1.165, 1.54) is 55.5 Å². The Balaban J connectivity index is 1.59. The first-order valence-electron chi connectivity index (χ1n) is 11.4. The summed E-state index contributed by atoms with van der Waals surface area (Å²) in [5, 5.41) is 5.03. The molecule has 3 nitrogen and oxygen atoms in total. The monoisotopic (exact) mass is 419 g/mol. The van der Waals surface area contributed by atoms with Gasteiger partial charge in [0.1, 0.15) is 10.9 Å². The lowest BCUT2D eigenvalue weighted by Crippen LogP contribution is -2.18. The lowest BCUT2D eigenvalue weighted by Gasteiger charge is -2.16. The number of rotatable bonds is 10. The van der Waals surface area contributed by atoms with Crippen LogP contribution in [0.1, 0.15) is 73.7 Å². The molecule has 1 N–H and O–H groups in total. The fourth-order valence-electron chi connectivity index (χ4n) is 4.24. The summed E-state index contributed by atoms with van der Waals surface area (Å²) in [6, 6.07) is 22.0. The van der Waals surface area contributed by atoms with Gasteiger partial charge in [-0.3, -0.25) is 0 Å². The fourth-order valence-corrected chi connectivity index (χ4v) is 5.40. The maximum atomic E-state index is 5.15. The molecule has 0 aliphatic carbocycles. The van der Waals surface area contributed by atoms with E-state index in [0.29, 0.717) is 6.04 Å². The summed E-state index contributed by atoms with van der Waals surface area (Å²) in [5.74, 6) is 1.23. The molecule has 1 atom stereocenters. The predicted octanol–water partition coefficient (Wildman–Crippen LogP) is 6.77. The van der Waals surface area contributed by atoms with Gasteiger partial charge in [0, 0.05) is 12.7 Å². The Morgan fingerprint density at radius 1 is 1.00 bits per heavy atom. The van der Waals surface area contributed by atoms with E-state index in [1.54, 1.807) is 0 Å². The summed E-state index contributed by atoms with van der Waals surface area (Å²) in [5.41, 5.74) is 2.65. The number of aromatic nitrogens is 2. The normalized spacial score (nSPS) is 16.4. The first-order chi connectivity index (χ1) is 14.8. The maximum Gasteiger partial charge on any atom is 0.127 e. The number of nitrogens with zero attached hydrogens (tertiary/aromatic N) is 2. The van der Waals surface area contributed by atoms with E-state index in [4.69, 9.17) is 4.98 Å². The molecule has 0 spiro atoms. The first-order valence-corrected chi connectivity index (χ1v) is 12.3. The molecule has 2 heterocycles. The number of hydrogen-bond acceptors (Lipinski definition) is 3. The van der Waals surface area contributed by atoms with Gasteiger partial charge in [-0.15, -0.1) is 0 Å². The highest BCUT2D eigenvalue weighted by atomic mass is 32.2. The van der Waals surface area contributed by atoms with Gasteiger partial charge in [-0.2, -0.15) is 0 Å². The summed E-state index contributed by atoms with van der Waals surface area (Å²) >= 11 is 1.87. The number of hydrogen-bond donors (Lipinski definition) is 1. The quantitative estimate of drug-likeness (QED) is 0.290. The Kier molecular flexibility index (Phi) is 7.65. The van der Waals surface area contributed by atoms with Gasteiger partial charge in [-0.25, -0.2) is 4.98 Å². The van der Waals surface area contributed by atoms with Gasteiger partial charge in [0.05, 0.1) is 11.3 Å². The second-order valence-corrected chi connectivity index (χ2v) is 9.28. The van der Waals surface area contributed by atoms with Crippen molar-refractivity contribution in [2.75, 3.05) is 6.54 Å². The van der Waals surface area contributed by atoms with Gasteiger partial charge in [-0.1, -0.05) is 98.6 Å². The molecule has 0 saturated carbocycles. The average molecular weight is 420 g/mol. The number of unbranched alkanes of at least 4 members (excludes halogenated alkanes) is 3. The second kappa shape index (κ2) is 10.8. The van der Waals surface area contributed by atoms with Crippen LogP contribution in [0.25, 0.3) is 0 Å². The average Bonchev–Trinajstić information content (AvgIpc) is 3.46. The molecule has 2 aromatic carbocycles. The van der Waals surface area contributed by atoms with Crippen molar-refractivity contribution in [1.29, 1.82) is 0 Å². The molecular weight excluding hydrogens is 386 g/mol. The van der Waals surface area contributed by atoms with Crippen LogP contribution in [0.3, 0.4) is 0 Å². The van der Waals surface area contributed by atoms with Crippen molar-refractivity contribution in [2.45, 2.75) is 68.3 Å².